The van der Waals surface area contributed by atoms with E-state index in [1.165, 1.54) is 4.88 Å². The highest BCUT2D eigenvalue weighted by atomic mass is 32.1. The Morgan fingerprint density at radius 3 is 2.24 bits per heavy atom. The van der Waals surface area contributed by atoms with E-state index in [2.05, 4.69) is 55.7 Å². The molecule has 29 heavy (non-hydrogen) atoms. The molecule has 4 rings (SSSR count). The normalized spacial score (nSPS) is 15.1. The van der Waals surface area contributed by atoms with Gasteiger partial charge in [-0.3, -0.25) is 11.3 Å². The average Bonchev–Trinajstić information content (AvgIpc) is 3.06. The number of hydrazine groups is 1. The van der Waals surface area contributed by atoms with Crippen LogP contribution in [0.4, 0.5) is 0 Å². The van der Waals surface area contributed by atoms with Crippen molar-refractivity contribution in [3.05, 3.63) is 70.1 Å². The van der Waals surface area contributed by atoms with Crippen LogP contribution in [0.3, 0.4) is 0 Å². The number of fused-ring (bicyclic) bond motifs is 1. The van der Waals surface area contributed by atoms with E-state index >= 15 is 0 Å². The molecule has 1 aliphatic rings. The molecular formula is C24H26N2O2S. The summed E-state index contributed by atoms with van der Waals surface area (Å²) in [6, 6.07) is 16.5. The Kier molecular flexibility index (Phi) is 5.30. The molecule has 1 aliphatic carbocycles. The molecule has 1 aromatic heterocycles. The standard InChI is InChI=1S/C24H26N2O2S/c1-24(2)12-11-20-19(13-24)21(23(27)28)22(29-20)18-9-7-17(8-10-18)16-5-3-15(4-6-16)14-26-25/h3-10,26H,11-14,25H2,1-2H3,(H,27,28). The van der Waals surface area contributed by atoms with Gasteiger partial charge < -0.3 is 5.11 Å². The minimum Gasteiger partial charge on any atom is -0.478 e. The van der Waals surface area contributed by atoms with Gasteiger partial charge in [-0.05, 0) is 52.5 Å². The van der Waals surface area contributed by atoms with Gasteiger partial charge >= 0.3 is 5.97 Å². The molecule has 0 spiro atoms. The van der Waals surface area contributed by atoms with Crippen LogP contribution >= 0.6 is 11.3 Å². The van der Waals surface area contributed by atoms with Crippen LogP contribution in [0.5, 0.6) is 0 Å². The lowest BCUT2D eigenvalue weighted by Crippen LogP contribution is -2.22. The molecule has 0 aliphatic heterocycles. The van der Waals surface area contributed by atoms with Crippen molar-refractivity contribution in [1.29, 1.82) is 0 Å². The fraction of sp³-hybridized carbons (Fsp3) is 0.292. The second-order valence-corrected chi connectivity index (χ2v) is 9.61. The number of carboxylic acid groups (broad SMARTS) is 1. The third-order valence-electron chi connectivity index (χ3n) is 5.73. The summed E-state index contributed by atoms with van der Waals surface area (Å²) in [5.74, 6) is 4.56. The minimum absolute atomic E-state index is 0.158. The van der Waals surface area contributed by atoms with E-state index in [1.54, 1.807) is 11.3 Å². The van der Waals surface area contributed by atoms with Crippen LogP contribution in [0.1, 0.15) is 46.6 Å². The molecule has 0 saturated heterocycles. The lowest BCUT2D eigenvalue weighted by molar-refractivity contribution is 0.0696. The number of aryl methyl sites for hydroxylation is 1. The van der Waals surface area contributed by atoms with Gasteiger partial charge in [-0.1, -0.05) is 62.4 Å². The molecule has 0 saturated carbocycles. The Balaban J connectivity index is 1.67. The molecule has 3 aromatic rings. The van der Waals surface area contributed by atoms with Gasteiger partial charge in [0.05, 0.1) is 5.56 Å². The van der Waals surface area contributed by atoms with Crippen molar-refractivity contribution in [2.75, 3.05) is 0 Å². The fourth-order valence-electron chi connectivity index (χ4n) is 4.10. The van der Waals surface area contributed by atoms with Gasteiger partial charge in [0.25, 0.3) is 0 Å². The Morgan fingerprint density at radius 1 is 1.07 bits per heavy atom. The lowest BCUT2D eigenvalue weighted by atomic mass is 9.76. The summed E-state index contributed by atoms with van der Waals surface area (Å²) in [4.78, 5) is 14.2. The maximum Gasteiger partial charge on any atom is 0.337 e. The average molecular weight is 407 g/mol. The number of nitrogens with one attached hydrogen (secondary N) is 1. The summed E-state index contributed by atoms with van der Waals surface area (Å²) in [5.41, 5.74) is 8.72. The Labute approximate surface area is 175 Å². The van der Waals surface area contributed by atoms with Crippen LogP contribution < -0.4 is 11.3 Å². The number of benzene rings is 2. The number of thiophene rings is 1. The first-order valence-corrected chi connectivity index (χ1v) is 10.7. The molecule has 0 atom stereocenters. The van der Waals surface area contributed by atoms with Gasteiger partial charge in [0.2, 0.25) is 0 Å². The first kappa shape index (κ1) is 19.8. The SMILES string of the molecule is CC1(C)CCc2sc(-c3ccc(-c4ccc(CNN)cc4)cc3)c(C(=O)O)c2C1. The molecule has 4 N–H and O–H groups in total. The smallest absolute Gasteiger partial charge is 0.337 e. The highest BCUT2D eigenvalue weighted by Crippen LogP contribution is 2.45. The van der Waals surface area contributed by atoms with Crippen LogP contribution in [0.2, 0.25) is 0 Å². The van der Waals surface area contributed by atoms with Gasteiger partial charge in [-0.15, -0.1) is 11.3 Å². The molecule has 0 bridgehead atoms. The van der Waals surface area contributed by atoms with E-state index in [0.29, 0.717) is 12.1 Å². The van der Waals surface area contributed by atoms with Gasteiger partial charge in [0, 0.05) is 16.3 Å². The second-order valence-electron chi connectivity index (χ2n) is 8.51. The van der Waals surface area contributed by atoms with Crippen LogP contribution in [0.15, 0.2) is 48.5 Å². The molecule has 0 amide bonds. The van der Waals surface area contributed by atoms with Crippen LogP contribution in [-0.4, -0.2) is 11.1 Å². The molecule has 2 aromatic carbocycles. The quantitative estimate of drug-likeness (QED) is 0.399. The zero-order chi connectivity index (χ0) is 20.6. The highest BCUT2D eigenvalue weighted by Gasteiger charge is 2.32. The Morgan fingerprint density at radius 2 is 1.66 bits per heavy atom. The number of hydrogen-bond acceptors (Lipinski definition) is 4. The van der Waals surface area contributed by atoms with Gasteiger partial charge in [0.15, 0.2) is 0 Å². The predicted octanol–water partition coefficient (Wildman–Crippen LogP) is 5.26. The summed E-state index contributed by atoms with van der Waals surface area (Å²) in [5, 5.41) is 9.94. The van der Waals surface area contributed by atoms with Gasteiger partial charge in [-0.2, -0.15) is 0 Å². The van der Waals surface area contributed by atoms with E-state index in [1.807, 2.05) is 12.1 Å². The highest BCUT2D eigenvalue weighted by molar-refractivity contribution is 7.16. The first-order valence-electron chi connectivity index (χ1n) is 9.89. The summed E-state index contributed by atoms with van der Waals surface area (Å²) in [6.45, 7) is 5.09. The van der Waals surface area contributed by atoms with Crippen molar-refractivity contribution in [2.24, 2.45) is 11.3 Å². The van der Waals surface area contributed by atoms with E-state index in [4.69, 9.17) is 5.84 Å². The van der Waals surface area contributed by atoms with E-state index in [9.17, 15) is 9.90 Å². The maximum atomic E-state index is 12.1. The molecule has 0 radical (unpaired) electrons. The Bertz CT molecular complexity index is 1030. The first-order chi connectivity index (χ1) is 13.9. The zero-order valence-electron chi connectivity index (χ0n) is 16.8. The van der Waals surface area contributed by atoms with Crippen molar-refractivity contribution in [3.63, 3.8) is 0 Å². The summed E-state index contributed by atoms with van der Waals surface area (Å²) in [6.07, 6.45) is 2.91. The largest absolute Gasteiger partial charge is 0.478 e. The molecule has 0 fully saturated rings. The number of aromatic carboxylic acids is 1. The molecular weight excluding hydrogens is 380 g/mol. The molecule has 150 valence electrons. The van der Waals surface area contributed by atoms with Crippen molar-refractivity contribution >= 4 is 17.3 Å². The summed E-state index contributed by atoms with van der Waals surface area (Å²) in [7, 11) is 0. The van der Waals surface area contributed by atoms with Gasteiger partial charge in [-0.25, -0.2) is 4.79 Å². The number of rotatable bonds is 5. The minimum atomic E-state index is -0.816. The van der Waals surface area contributed by atoms with Crippen molar-refractivity contribution in [1.82, 2.24) is 5.43 Å². The van der Waals surface area contributed by atoms with Crippen molar-refractivity contribution in [2.45, 2.75) is 39.7 Å². The third kappa shape index (κ3) is 3.99. The van der Waals surface area contributed by atoms with Crippen LogP contribution in [0, 0.1) is 5.41 Å². The third-order valence-corrected chi connectivity index (χ3v) is 7.07. The number of carbonyl (C=O) groups is 1. The fourth-order valence-corrected chi connectivity index (χ4v) is 5.41. The number of carboxylic acids is 1. The monoisotopic (exact) mass is 406 g/mol. The molecule has 4 nitrogen and oxygen atoms in total. The molecule has 0 unspecified atom stereocenters. The molecule has 5 heteroatoms. The maximum absolute atomic E-state index is 12.1. The lowest BCUT2D eigenvalue weighted by Gasteiger charge is -2.29. The summed E-state index contributed by atoms with van der Waals surface area (Å²) >= 11 is 1.65. The number of nitrogens with two attached hydrogens (primary N) is 1. The van der Waals surface area contributed by atoms with Crippen molar-refractivity contribution < 1.29 is 9.90 Å². The van der Waals surface area contributed by atoms with E-state index in [-0.39, 0.29) is 5.41 Å². The topological polar surface area (TPSA) is 75.3 Å². The van der Waals surface area contributed by atoms with Gasteiger partial charge in [0.1, 0.15) is 0 Å². The second kappa shape index (κ2) is 7.75. The zero-order valence-corrected chi connectivity index (χ0v) is 17.6. The molecule has 1 heterocycles. The summed E-state index contributed by atoms with van der Waals surface area (Å²) < 4.78 is 0. The predicted molar refractivity (Wildman–Crippen MR) is 119 cm³/mol. The Hall–Kier alpha value is -2.47. The van der Waals surface area contributed by atoms with Crippen LogP contribution in [-0.2, 0) is 19.4 Å². The van der Waals surface area contributed by atoms with Crippen LogP contribution in [0.25, 0.3) is 21.6 Å². The van der Waals surface area contributed by atoms with Crippen molar-refractivity contribution in [3.8, 4) is 21.6 Å². The van der Waals surface area contributed by atoms with E-state index < -0.39 is 5.97 Å². The number of hydrogen-bond donors (Lipinski definition) is 3. The van der Waals surface area contributed by atoms with E-state index in [0.717, 1.165) is 52.0 Å².